The van der Waals surface area contributed by atoms with Crippen molar-refractivity contribution in [1.29, 1.82) is 0 Å². The summed E-state index contributed by atoms with van der Waals surface area (Å²) >= 11 is 7.29. The minimum atomic E-state index is -0.375. The molecule has 1 aromatic carbocycles. The van der Waals surface area contributed by atoms with Gasteiger partial charge in [0.05, 0.1) is 10.4 Å². The van der Waals surface area contributed by atoms with Gasteiger partial charge in [-0.2, -0.15) is 0 Å². The van der Waals surface area contributed by atoms with Crippen molar-refractivity contribution in [2.24, 2.45) is 0 Å². The second kappa shape index (κ2) is 6.10. The first kappa shape index (κ1) is 15.3. The maximum atomic E-state index is 13.2. The maximum absolute atomic E-state index is 13.2. The predicted molar refractivity (Wildman–Crippen MR) is 83.3 cm³/mol. The Balaban J connectivity index is 2.27. The quantitative estimate of drug-likeness (QED) is 0.805. The highest BCUT2D eigenvalue weighted by atomic mass is 35.5. The Bertz CT molecular complexity index is 613. The number of amides is 1. The summed E-state index contributed by atoms with van der Waals surface area (Å²) in [4.78, 5) is 12.9. The molecule has 2 nitrogen and oxygen atoms in total. The van der Waals surface area contributed by atoms with Crippen LogP contribution in [0, 0.1) is 5.82 Å². The largest absolute Gasteiger partial charge is 0.345 e. The van der Waals surface area contributed by atoms with Gasteiger partial charge < -0.3 is 5.32 Å². The van der Waals surface area contributed by atoms with E-state index in [1.807, 2.05) is 13.8 Å². The van der Waals surface area contributed by atoms with Crippen molar-refractivity contribution < 1.29 is 9.18 Å². The molecule has 2 rings (SSSR count). The van der Waals surface area contributed by atoms with Crippen LogP contribution in [0.1, 0.15) is 36.4 Å². The standard InChI is InChI=1S/C15H17ClFNOS/c1-3-15(4-2,9-16)18-14(19)13-7-10-5-6-11(17)8-12(10)20-13/h5-8H,3-4,9H2,1-2H3,(H,18,19). The van der Waals surface area contributed by atoms with E-state index in [2.05, 4.69) is 5.32 Å². The summed E-state index contributed by atoms with van der Waals surface area (Å²) in [6.45, 7) is 4.01. The highest BCUT2D eigenvalue weighted by molar-refractivity contribution is 7.20. The number of carbonyl (C=O) groups excluding carboxylic acids is 1. The monoisotopic (exact) mass is 313 g/mol. The lowest BCUT2D eigenvalue weighted by atomic mass is 9.95. The van der Waals surface area contributed by atoms with E-state index < -0.39 is 0 Å². The van der Waals surface area contributed by atoms with Gasteiger partial charge in [0.2, 0.25) is 0 Å². The van der Waals surface area contributed by atoms with Gasteiger partial charge in [-0.05, 0) is 36.4 Å². The lowest BCUT2D eigenvalue weighted by Crippen LogP contribution is -2.49. The van der Waals surface area contributed by atoms with Gasteiger partial charge in [0, 0.05) is 10.6 Å². The molecule has 0 saturated carbocycles. The van der Waals surface area contributed by atoms with Crippen LogP contribution in [-0.2, 0) is 0 Å². The first-order chi connectivity index (χ1) is 9.53. The molecule has 0 bridgehead atoms. The Morgan fingerprint density at radius 3 is 2.65 bits per heavy atom. The number of halogens is 2. The van der Waals surface area contributed by atoms with E-state index in [-0.39, 0.29) is 17.3 Å². The number of nitrogens with one attached hydrogen (secondary N) is 1. The number of fused-ring (bicyclic) bond motifs is 1. The maximum Gasteiger partial charge on any atom is 0.261 e. The van der Waals surface area contributed by atoms with Crippen LogP contribution in [0.15, 0.2) is 24.3 Å². The van der Waals surface area contributed by atoms with Gasteiger partial charge >= 0.3 is 0 Å². The second-order valence-electron chi connectivity index (χ2n) is 4.87. The summed E-state index contributed by atoms with van der Waals surface area (Å²) in [5, 5.41) is 3.90. The molecule has 0 aliphatic rings. The zero-order valence-electron chi connectivity index (χ0n) is 11.5. The zero-order valence-corrected chi connectivity index (χ0v) is 13.1. The molecule has 2 aromatic rings. The van der Waals surface area contributed by atoms with Crippen LogP contribution >= 0.6 is 22.9 Å². The second-order valence-corrected chi connectivity index (χ2v) is 6.22. The molecule has 20 heavy (non-hydrogen) atoms. The van der Waals surface area contributed by atoms with Gasteiger partial charge in [-0.3, -0.25) is 4.79 Å². The number of carbonyl (C=O) groups is 1. The van der Waals surface area contributed by atoms with E-state index in [9.17, 15) is 9.18 Å². The highest BCUT2D eigenvalue weighted by Crippen LogP contribution is 2.27. The normalized spacial score (nSPS) is 11.8. The van der Waals surface area contributed by atoms with E-state index in [1.165, 1.54) is 23.5 Å². The summed E-state index contributed by atoms with van der Waals surface area (Å²) in [5.74, 6) is -0.0508. The van der Waals surface area contributed by atoms with E-state index in [1.54, 1.807) is 12.1 Å². The molecule has 108 valence electrons. The zero-order chi connectivity index (χ0) is 14.8. The first-order valence-electron chi connectivity index (χ1n) is 6.61. The topological polar surface area (TPSA) is 29.1 Å². The van der Waals surface area contributed by atoms with Crippen molar-refractivity contribution in [3.8, 4) is 0 Å². The van der Waals surface area contributed by atoms with Crippen LogP contribution in [0.25, 0.3) is 10.1 Å². The molecule has 0 radical (unpaired) electrons. The Morgan fingerprint density at radius 2 is 2.05 bits per heavy atom. The number of benzene rings is 1. The summed E-state index contributed by atoms with van der Waals surface area (Å²) in [6.07, 6.45) is 1.55. The third kappa shape index (κ3) is 2.96. The van der Waals surface area contributed by atoms with E-state index in [0.29, 0.717) is 10.8 Å². The number of alkyl halides is 1. The molecule has 1 aromatic heterocycles. The smallest absolute Gasteiger partial charge is 0.261 e. The van der Waals surface area contributed by atoms with Crippen molar-refractivity contribution in [3.63, 3.8) is 0 Å². The molecule has 0 saturated heterocycles. The van der Waals surface area contributed by atoms with Crippen LogP contribution in [0.3, 0.4) is 0 Å². The fourth-order valence-electron chi connectivity index (χ4n) is 2.07. The van der Waals surface area contributed by atoms with Crippen LogP contribution < -0.4 is 5.32 Å². The Kier molecular flexibility index (Phi) is 4.66. The molecule has 0 atom stereocenters. The van der Waals surface area contributed by atoms with Gasteiger partial charge in [-0.1, -0.05) is 19.9 Å². The lowest BCUT2D eigenvalue weighted by molar-refractivity contribution is 0.0907. The number of thiophene rings is 1. The van der Waals surface area contributed by atoms with E-state index in [0.717, 1.165) is 22.9 Å². The van der Waals surface area contributed by atoms with Crippen molar-refractivity contribution in [1.82, 2.24) is 5.32 Å². The SMILES string of the molecule is CCC(CC)(CCl)NC(=O)c1cc2ccc(F)cc2s1. The Morgan fingerprint density at radius 1 is 1.35 bits per heavy atom. The molecule has 1 heterocycles. The van der Waals surface area contributed by atoms with Crippen molar-refractivity contribution in [3.05, 3.63) is 35.0 Å². The highest BCUT2D eigenvalue weighted by Gasteiger charge is 2.28. The van der Waals surface area contributed by atoms with Crippen LogP contribution in [0.5, 0.6) is 0 Å². The third-order valence-electron chi connectivity index (χ3n) is 3.69. The van der Waals surface area contributed by atoms with E-state index >= 15 is 0 Å². The fraction of sp³-hybridized carbons (Fsp3) is 0.400. The summed E-state index contributed by atoms with van der Waals surface area (Å²) in [7, 11) is 0. The van der Waals surface area contributed by atoms with Crippen LogP contribution in [0.4, 0.5) is 4.39 Å². The van der Waals surface area contributed by atoms with Gasteiger partial charge in [0.25, 0.3) is 5.91 Å². The molecule has 0 aliphatic carbocycles. The third-order valence-corrected chi connectivity index (χ3v) is 5.30. The molecule has 0 fully saturated rings. The molecule has 0 unspecified atom stereocenters. The van der Waals surface area contributed by atoms with Crippen molar-refractivity contribution in [2.45, 2.75) is 32.2 Å². The average molecular weight is 314 g/mol. The van der Waals surface area contributed by atoms with Crippen molar-refractivity contribution >= 4 is 38.9 Å². The van der Waals surface area contributed by atoms with Crippen molar-refractivity contribution in [2.75, 3.05) is 5.88 Å². The minimum absolute atomic E-state index is 0.143. The molecule has 1 N–H and O–H groups in total. The predicted octanol–water partition coefficient (Wildman–Crippen LogP) is 4.57. The summed E-state index contributed by atoms with van der Waals surface area (Å²) < 4.78 is 13.9. The van der Waals surface area contributed by atoms with E-state index in [4.69, 9.17) is 11.6 Å². The van der Waals surface area contributed by atoms with Gasteiger partial charge in [0.1, 0.15) is 5.82 Å². The Hall–Kier alpha value is -1.13. The summed E-state index contributed by atoms with van der Waals surface area (Å²) in [5.41, 5.74) is -0.375. The molecule has 0 aliphatic heterocycles. The molecule has 0 spiro atoms. The van der Waals surface area contributed by atoms with Gasteiger partial charge in [-0.25, -0.2) is 4.39 Å². The number of hydrogen-bond donors (Lipinski definition) is 1. The van der Waals surface area contributed by atoms with Crippen LogP contribution in [0.2, 0.25) is 0 Å². The van der Waals surface area contributed by atoms with Crippen LogP contribution in [-0.4, -0.2) is 17.3 Å². The lowest BCUT2D eigenvalue weighted by Gasteiger charge is -2.30. The minimum Gasteiger partial charge on any atom is -0.345 e. The van der Waals surface area contributed by atoms with Gasteiger partial charge in [-0.15, -0.1) is 22.9 Å². The molecule has 5 heteroatoms. The average Bonchev–Trinajstić information content (AvgIpc) is 2.88. The van der Waals surface area contributed by atoms with Gasteiger partial charge in [0.15, 0.2) is 0 Å². The Labute approximate surface area is 126 Å². The number of hydrogen-bond acceptors (Lipinski definition) is 2. The molecular weight excluding hydrogens is 297 g/mol. The molecular formula is C15H17ClFNOS. The number of rotatable bonds is 5. The fourth-order valence-corrected chi connectivity index (χ4v) is 3.50. The summed E-state index contributed by atoms with van der Waals surface area (Å²) in [6, 6.07) is 6.33. The first-order valence-corrected chi connectivity index (χ1v) is 7.96. The molecule has 1 amide bonds.